The van der Waals surface area contributed by atoms with Gasteiger partial charge in [-0.1, -0.05) is 36.4 Å². The first kappa shape index (κ1) is 25.8. The fraction of sp³-hybridized carbons (Fsp3) is 0.250. The van der Waals surface area contributed by atoms with Crippen molar-refractivity contribution >= 4 is 26.8 Å². The summed E-state index contributed by atoms with van der Waals surface area (Å²) in [4.78, 5) is 16.7. The van der Waals surface area contributed by atoms with Crippen molar-refractivity contribution in [2.24, 2.45) is 0 Å². The van der Waals surface area contributed by atoms with Crippen LogP contribution in [0, 0.1) is 0 Å². The van der Waals surface area contributed by atoms with Gasteiger partial charge in [0.1, 0.15) is 13.2 Å². The number of aliphatic hydroxyl groups is 1. The highest BCUT2D eigenvalue weighted by atomic mass is 32.2. The number of amides is 1. The normalized spacial score (nSPS) is 13.8. The number of hydrogen-bond acceptors (Lipinski definition) is 6. The minimum absolute atomic E-state index is 0.149. The zero-order valence-corrected chi connectivity index (χ0v) is 21.7. The molecular weight excluding hydrogens is 506 g/mol. The number of ether oxygens (including phenoxy) is 2. The fourth-order valence-corrected chi connectivity index (χ4v) is 4.98. The summed E-state index contributed by atoms with van der Waals surface area (Å²) < 4.78 is 37.1. The highest BCUT2D eigenvalue weighted by Crippen LogP contribution is 2.38. The molecule has 0 fully saturated rings. The lowest BCUT2D eigenvalue weighted by Gasteiger charge is -2.23. The predicted octanol–water partition coefficient (Wildman–Crippen LogP) is 2.99. The molecule has 0 bridgehead atoms. The van der Waals surface area contributed by atoms with Gasteiger partial charge in [-0.2, -0.15) is 0 Å². The van der Waals surface area contributed by atoms with E-state index in [4.69, 9.17) is 9.47 Å². The van der Waals surface area contributed by atoms with Crippen molar-refractivity contribution in [3.8, 4) is 22.6 Å². The Hall–Kier alpha value is -3.86. The van der Waals surface area contributed by atoms with E-state index < -0.39 is 16.1 Å². The van der Waals surface area contributed by atoms with Crippen molar-refractivity contribution in [3.63, 3.8) is 0 Å². The molecule has 38 heavy (non-hydrogen) atoms. The number of nitrogens with one attached hydrogen (secondary N) is 3. The first-order valence-corrected chi connectivity index (χ1v) is 14.1. The van der Waals surface area contributed by atoms with Crippen LogP contribution in [-0.4, -0.2) is 56.5 Å². The van der Waals surface area contributed by atoms with Gasteiger partial charge in [0.05, 0.1) is 24.5 Å². The van der Waals surface area contributed by atoms with Crippen LogP contribution < -0.4 is 19.5 Å². The minimum atomic E-state index is -3.34. The fourth-order valence-electron chi connectivity index (χ4n) is 4.55. The van der Waals surface area contributed by atoms with Crippen LogP contribution in [0.4, 0.5) is 0 Å². The largest absolute Gasteiger partial charge is 0.486 e. The maximum Gasteiger partial charge on any atom is 0.255 e. The molecule has 198 valence electrons. The molecule has 2 heterocycles. The van der Waals surface area contributed by atoms with Gasteiger partial charge in [-0.3, -0.25) is 4.79 Å². The highest BCUT2D eigenvalue weighted by Gasteiger charge is 2.25. The van der Waals surface area contributed by atoms with Crippen molar-refractivity contribution < 1.29 is 27.8 Å². The molecule has 0 saturated carbocycles. The summed E-state index contributed by atoms with van der Waals surface area (Å²) >= 11 is 0. The second kappa shape index (κ2) is 10.9. The number of hydrogen-bond donors (Lipinski definition) is 4. The number of carbonyl (C=O) groups is 1. The van der Waals surface area contributed by atoms with E-state index in [0.717, 1.165) is 39.4 Å². The Labute approximate surface area is 220 Å². The topological polar surface area (TPSA) is 130 Å². The van der Waals surface area contributed by atoms with Crippen LogP contribution in [0.15, 0.2) is 66.9 Å². The van der Waals surface area contributed by atoms with E-state index in [9.17, 15) is 18.3 Å². The molecule has 3 aromatic carbocycles. The van der Waals surface area contributed by atoms with Gasteiger partial charge in [-0.15, -0.1) is 0 Å². The van der Waals surface area contributed by atoms with Crippen LogP contribution in [0.1, 0.15) is 21.5 Å². The highest BCUT2D eigenvalue weighted by molar-refractivity contribution is 7.88. The van der Waals surface area contributed by atoms with E-state index >= 15 is 0 Å². The zero-order valence-electron chi connectivity index (χ0n) is 20.9. The van der Waals surface area contributed by atoms with E-state index in [1.807, 2.05) is 60.8 Å². The Morgan fingerprint density at radius 2 is 1.87 bits per heavy atom. The van der Waals surface area contributed by atoms with Gasteiger partial charge in [0.2, 0.25) is 10.0 Å². The average molecular weight is 536 g/mol. The monoisotopic (exact) mass is 535 g/mol. The lowest BCUT2D eigenvalue weighted by Crippen LogP contribution is -2.39. The Balaban J connectivity index is 1.42. The molecule has 0 radical (unpaired) electrons. The third-order valence-electron chi connectivity index (χ3n) is 6.38. The van der Waals surface area contributed by atoms with Gasteiger partial charge in [-0.25, -0.2) is 13.1 Å². The van der Waals surface area contributed by atoms with E-state index in [1.54, 1.807) is 6.07 Å². The van der Waals surface area contributed by atoms with E-state index in [-0.39, 0.29) is 19.1 Å². The summed E-state index contributed by atoms with van der Waals surface area (Å²) in [5.41, 5.74) is 4.57. The molecule has 9 nitrogen and oxygen atoms in total. The van der Waals surface area contributed by atoms with E-state index in [1.165, 1.54) is 0 Å². The molecule has 10 heteroatoms. The van der Waals surface area contributed by atoms with Crippen LogP contribution in [0.25, 0.3) is 22.0 Å². The van der Waals surface area contributed by atoms with Crippen LogP contribution >= 0.6 is 0 Å². The SMILES string of the molecule is CS(=O)(=O)NCc1cccc(-c2cc3c(c(C(=O)N[C@@H](CO)Cc4c[nH]c5ccccc45)c2)OCCO3)c1. The number of aliphatic hydroxyl groups excluding tert-OH is 1. The maximum absolute atomic E-state index is 13.5. The predicted molar refractivity (Wildman–Crippen MR) is 145 cm³/mol. The molecule has 1 atom stereocenters. The molecule has 0 unspecified atom stereocenters. The van der Waals surface area contributed by atoms with Crippen LogP contribution in [-0.2, 0) is 23.0 Å². The van der Waals surface area contributed by atoms with Crippen molar-refractivity contribution in [3.05, 3.63) is 83.6 Å². The smallest absolute Gasteiger partial charge is 0.255 e. The van der Waals surface area contributed by atoms with Crippen LogP contribution in [0.3, 0.4) is 0 Å². The minimum Gasteiger partial charge on any atom is -0.486 e. The first-order valence-electron chi connectivity index (χ1n) is 12.2. The molecule has 4 N–H and O–H groups in total. The maximum atomic E-state index is 13.5. The standard InChI is InChI=1S/C28H29N3O6S/c1-38(34,35)30-15-18-5-4-6-19(11-18)20-13-24(27-26(14-20)36-9-10-37-27)28(33)31-22(17-32)12-21-16-29-25-8-3-2-7-23(21)25/h2-8,11,13-14,16,22,29-30,32H,9-10,12,15,17H2,1H3,(H,31,33)/t22-/m1/s1. The molecule has 1 aliphatic rings. The number of aromatic amines is 1. The number of sulfonamides is 1. The van der Waals surface area contributed by atoms with Gasteiger partial charge >= 0.3 is 0 Å². The van der Waals surface area contributed by atoms with E-state index in [0.29, 0.717) is 36.7 Å². The summed E-state index contributed by atoms with van der Waals surface area (Å²) in [6.07, 6.45) is 3.45. The number of rotatable bonds is 9. The lowest BCUT2D eigenvalue weighted by atomic mass is 9.98. The molecule has 0 spiro atoms. The van der Waals surface area contributed by atoms with E-state index in [2.05, 4.69) is 15.0 Å². The lowest BCUT2D eigenvalue weighted by molar-refractivity contribution is 0.0906. The Morgan fingerprint density at radius 3 is 2.68 bits per heavy atom. The van der Waals surface area contributed by atoms with Gasteiger partial charge in [0.15, 0.2) is 11.5 Å². The molecule has 5 rings (SSSR count). The summed E-state index contributed by atoms with van der Waals surface area (Å²) in [7, 11) is -3.34. The van der Waals surface area contributed by atoms with Gasteiger partial charge in [0.25, 0.3) is 5.91 Å². The Bertz CT molecular complexity index is 1580. The quantitative estimate of drug-likeness (QED) is 0.261. The average Bonchev–Trinajstić information content (AvgIpc) is 3.33. The summed E-state index contributed by atoms with van der Waals surface area (Å²) in [6.45, 7) is 0.587. The zero-order chi connectivity index (χ0) is 26.7. The third-order valence-corrected chi connectivity index (χ3v) is 7.05. The van der Waals surface area contributed by atoms with Gasteiger partial charge in [-0.05, 0) is 52.9 Å². The summed E-state index contributed by atoms with van der Waals surface area (Å²) in [5, 5.41) is 14.1. The summed E-state index contributed by atoms with van der Waals surface area (Å²) in [5.74, 6) is 0.425. The Kier molecular flexibility index (Phi) is 7.37. The molecule has 0 saturated heterocycles. The molecular formula is C28H29N3O6S. The number of benzene rings is 3. The van der Waals surface area contributed by atoms with Crippen LogP contribution in [0.5, 0.6) is 11.5 Å². The molecule has 1 amide bonds. The van der Waals surface area contributed by atoms with Crippen molar-refractivity contribution in [2.45, 2.75) is 19.0 Å². The van der Waals surface area contributed by atoms with Crippen LogP contribution in [0.2, 0.25) is 0 Å². The molecule has 1 aliphatic heterocycles. The van der Waals surface area contributed by atoms with Crippen molar-refractivity contribution in [1.29, 1.82) is 0 Å². The Morgan fingerprint density at radius 1 is 1.05 bits per heavy atom. The van der Waals surface area contributed by atoms with Gasteiger partial charge < -0.3 is 24.9 Å². The number of fused-ring (bicyclic) bond motifs is 2. The molecule has 4 aromatic rings. The van der Waals surface area contributed by atoms with Crippen molar-refractivity contribution in [1.82, 2.24) is 15.0 Å². The molecule has 0 aliphatic carbocycles. The van der Waals surface area contributed by atoms with Crippen molar-refractivity contribution in [2.75, 3.05) is 26.1 Å². The second-order valence-corrected chi connectivity index (χ2v) is 11.1. The molecule has 1 aromatic heterocycles. The first-order chi connectivity index (χ1) is 18.3. The van der Waals surface area contributed by atoms with Gasteiger partial charge in [0, 0.05) is 23.6 Å². The second-order valence-electron chi connectivity index (χ2n) is 9.26. The number of para-hydroxylation sites is 1. The number of carbonyl (C=O) groups excluding carboxylic acids is 1. The summed E-state index contributed by atoms with van der Waals surface area (Å²) in [6, 6.07) is 18.3. The number of H-pyrrole nitrogens is 1. The third kappa shape index (κ3) is 5.83. The number of aromatic nitrogens is 1.